The highest BCUT2D eigenvalue weighted by Gasteiger charge is 2.33. The Labute approximate surface area is 131 Å². The molecular weight excluding hydrogens is 321 g/mol. The van der Waals surface area contributed by atoms with Crippen LogP contribution >= 0.6 is 35.0 Å². The first kappa shape index (κ1) is 17.1. The van der Waals surface area contributed by atoms with Gasteiger partial charge >= 0.3 is 5.97 Å². The number of rotatable bonds is 5. The van der Waals surface area contributed by atoms with Gasteiger partial charge in [-0.25, -0.2) is 4.79 Å². The van der Waals surface area contributed by atoms with Crippen LogP contribution in [0.2, 0.25) is 10.0 Å². The second-order valence-electron chi connectivity index (χ2n) is 4.41. The standard InChI is InChI=1S/C13H15Cl2NO3S/c1-4-13(2,12(18)19)16-11(17)7-5-10(20-3)9(15)6-8(7)14/h5-6H,4H2,1-3H3,(H,16,17)(H,18,19). The molecule has 0 heterocycles. The predicted octanol–water partition coefficient (Wildman–Crippen LogP) is 3.70. The molecule has 1 unspecified atom stereocenters. The second-order valence-corrected chi connectivity index (χ2v) is 6.07. The van der Waals surface area contributed by atoms with Crippen LogP contribution in [-0.4, -0.2) is 28.8 Å². The normalized spacial score (nSPS) is 13.7. The average molecular weight is 336 g/mol. The van der Waals surface area contributed by atoms with Crippen LogP contribution in [0.1, 0.15) is 30.6 Å². The second kappa shape index (κ2) is 6.70. The number of amides is 1. The van der Waals surface area contributed by atoms with Crippen LogP contribution in [0.4, 0.5) is 0 Å². The summed E-state index contributed by atoms with van der Waals surface area (Å²) >= 11 is 13.4. The van der Waals surface area contributed by atoms with Crippen molar-refractivity contribution in [3.05, 3.63) is 27.7 Å². The van der Waals surface area contributed by atoms with Crippen molar-refractivity contribution in [2.24, 2.45) is 0 Å². The average Bonchev–Trinajstić information content (AvgIpc) is 2.38. The molecule has 20 heavy (non-hydrogen) atoms. The number of hydrogen-bond donors (Lipinski definition) is 2. The molecule has 0 aliphatic heterocycles. The van der Waals surface area contributed by atoms with E-state index >= 15 is 0 Å². The third-order valence-corrected chi connectivity index (χ3v) is 4.57. The summed E-state index contributed by atoms with van der Waals surface area (Å²) in [7, 11) is 0. The molecule has 2 N–H and O–H groups in total. The van der Waals surface area contributed by atoms with Crippen LogP contribution in [0.15, 0.2) is 17.0 Å². The number of aliphatic carboxylic acids is 1. The maximum Gasteiger partial charge on any atom is 0.329 e. The van der Waals surface area contributed by atoms with E-state index in [0.29, 0.717) is 9.92 Å². The lowest BCUT2D eigenvalue weighted by Crippen LogP contribution is -2.51. The summed E-state index contributed by atoms with van der Waals surface area (Å²) in [6.45, 7) is 3.14. The molecule has 0 aromatic heterocycles. The molecule has 1 atom stereocenters. The first-order valence-electron chi connectivity index (χ1n) is 5.84. The van der Waals surface area contributed by atoms with Crippen molar-refractivity contribution in [1.29, 1.82) is 0 Å². The van der Waals surface area contributed by atoms with E-state index in [1.165, 1.54) is 24.8 Å². The van der Waals surface area contributed by atoms with Gasteiger partial charge in [0, 0.05) is 4.90 Å². The molecule has 0 saturated carbocycles. The van der Waals surface area contributed by atoms with Gasteiger partial charge in [0.15, 0.2) is 0 Å². The number of thioether (sulfide) groups is 1. The topological polar surface area (TPSA) is 66.4 Å². The summed E-state index contributed by atoms with van der Waals surface area (Å²) in [6, 6.07) is 3.04. The molecule has 1 amide bonds. The molecular formula is C13H15Cl2NO3S. The Morgan fingerprint density at radius 1 is 1.35 bits per heavy atom. The molecule has 110 valence electrons. The van der Waals surface area contributed by atoms with E-state index in [4.69, 9.17) is 28.3 Å². The lowest BCUT2D eigenvalue weighted by molar-refractivity contribution is -0.143. The van der Waals surface area contributed by atoms with Crippen LogP contribution in [0.5, 0.6) is 0 Å². The quantitative estimate of drug-likeness (QED) is 0.805. The monoisotopic (exact) mass is 335 g/mol. The zero-order chi connectivity index (χ0) is 15.5. The number of nitrogens with one attached hydrogen (secondary N) is 1. The van der Waals surface area contributed by atoms with Gasteiger partial charge in [0.2, 0.25) is 0 Å². The minimum Gasteiger partial charge on any atom is -0.480 e. The first-order valence-corrected chi connectivity index (χ1v) is 7.82. The highest BCUT2D eigenvalue weighted by molar-refractivity contribution is 7.98. The Morgan fingerprint density at radius 2 is 1.95 bits per heavy atom. The summed E-state index contributed by atoms with van der Waals surface area (Å²) < 4.78 is 0. The fraction of sp³-hybridized carbons (Fsp3) is 0.385. The van der Waals surface area contributed by atoms with Crippen LogP contribution in [-0.2, 0) is 4.79 Å². The van der Waals surface area contributed by atoms with Gasteiger partial charge in [0.1, 0.15) is 5.54 Å². The van der Waals surface area contributed by atoms with Crippen molar-refractivity contribution in [2.45, 2.75) is 30.7 Å². The third kappa shape index (κ3) is 3.59. The van der Waals surface area contributed by atoms with Gasteiger partial charge in [0.05, 0.1) is 15.6 Å². The van der Waals surface area contributed by atoms with Gasteiger partial charge < -0.3 is 10.4 Å². The van der Waals surface area contributed by atoms with Crippen molar-refractivity contribution < 1.29 is 14.7 Å². The smallest absolute Gasteiger partial charge is 0.329 e. The van der Waals surface area contributed by atoms with Crippen molar-refractivity contribution in [3.63, 3.8) is 0 Å². The number of halogens is 2. The van der Waals surface area contributed by atoms with E-state index in [2.05, 4.69) is 5.32 Å². The zero-order valence-electron chi connectivity index (χ0n) is 11.3. The fourth-order valence-electron chi connectivity index (χ4n) is 1.47. The van der Waals surface area contributed by atoms with Crippen LogP contribution in [0.25, 0.3) is 0 Å². The molecule has 7 heteroatoms. The highest BCUT2D eigenvalue weighted by atomic mass is 35.5. The highest BCUT2D eigenvalue weighted by Crippen LogP contribution is 2.31. The molecule has 0 spiro atoms. The van der Waals surface area contributed by atoms with Crippen molar-refractivity contribution in [3.8, 4) is 0 Å². The van der Waals surface area contributed by atoms with Gasteiger partial charge in [-0.15, -0.1) is 11.8 Å². The minimum absolute atomic E-state index is 0.189. The van der Waals surface area contributed by atoms with Gasteiger partial charge in [-0.05, 0) is 31.7 Å². The molecule has 0 radical (unpaired) electrons. The molecule has 0 bridgehead atoms. The van der Waals surface area contributed by atoms with Gasteiger partial charge in [-0.1, -0.05) is 30.1 Å². The minimum atomic E-state index is -1.33. The van der Waals surface area contributed by atoms with E-state index in [-0.39, 0.29) is 17.0 Å². The summed E-state index contributed by atoms with van der Waals surface area (Å²) in [5, 5.41) is 12.3. The number of carboxylic acids is 1. The number of carbonyl (C=O) groups is 2. The Hall–Kier alpha value is -0.910. The van der Waals surface area contributed by atoms with Crippen LogP contribution in [0, 0.1) is 0 Å². The van der Waals surface area contributed by atoms with Crippen molar-refractivity contribution in [1.82, 2.24) is 5.32 Å². The number of hydrogen-bond acceptors (Lipinski definition) is 3. The number of carbonyl (C=O) groups excluding carboxylic acids is 1. The number of benzene rings is 1. The summed E-state index contributed by atoms with van der Waals surface area (Å²) in [4.78, 5) is 24.1. The van der Waals surface area contributed by atoms with E-state index in [1.54, 1.807) is 13.0 Å². The molecule has 0 aliphatic carbocycles. The number of carboxylic acid groups (broad SMARTS) is 1. The lowest BCUT2D eigenvalue weighted by Gasteiger charge is -2.25. The van der Waals surface area contributed by atoms with E-state index in [9.17, 15) is 9.59 Å². The van der Waals surface area contributed by atoms with Crippen molar-refractivity contribution >= 4 is 46.8 Å². The van der Waals surface area contributed by atoms with Gasteiger partial charge in [-0.2, -0.15) is 0 Å². The molecule has 0 fully saturated rings. The zero-order valence-corrected chi connectivity index (χ0v) is 13.6. The van der Waals surface area contributed by atoms with Crippen LogP contribution < -0.4 is 5.32 Å². The predicted molar refractivity (Wildman–Crippen MR) is 82.0 cm³/mol. The summed E-state index contributed by atoms with van der Waals surface area (Å²) in [6.07, 6.45) is 2.08. The lowest BCUT2D eigenvalue weighted by atomic mass is 9.98. The van der Waals surface area contributed by atoms with E-state index < -0.39 is 17.4 Å². The molecule has 1 rings (SSSR count). The molecule has 1 aromatic rings. The van der Waals surface area contributed by atoms with Gasteiger partial charge in [-0.3, -0.25) is 4.79 Å². The third-order valence-electron chi connectivity index (χ3n) is 3.05. The van der Waals surface area contributed by atoms with E-state index in [0.717, 1.165) is 0 Å². The molecule has 0 aliphatic rings. The molecule has 4 nitrogen and oxygen atoms in total. The Morgan fingerprint density at radius 3 is 2.40 bits per heavy atom. The maximum atomic E-state index is 12.2. The summed E-state index contributed by atoms with van der Waals surface area (Å²) in [5.74, 6) is -1.63. The Balaban J connectivity index is 3.13. The first-order chi connectivity index (χ1) is 9.25. The SMILES string of the molecule is CCC(C)(NC(=O)c1cc(SC)c(Cl)cc1Cl)C(=O)O. The Kier molecular flexibility index (Phi) is 5.74. The van der Waals surface area contributed by atoms with Gasteiger partial charge in [0.25, 0.3) is 5.91 Å². The molecule has 1 aromatic carbocycles. The Bertz CT molecular complexity index is 551. The fourth-order valence-corrected chi connectivity index (χ4v) is 2.66. The maximum absolute atomic E-state index is 12.2. The van der Waals surface area contributed by atoms with Crippen molar-refractivity contribution in [2.75, 3.05) is 6.26 Å². The van der Waals surface area contributed by atoms with Crippen LogP contribution in [0.3, 0.4) is 0 Å². The largest absolute Gasteiger partial charge is 0.480 e. The summed E-state index contributed by atoms with van der Waals surface area (Å²) in [5.41, 5.74) is -1.12. The molecule has 0 saturated heterocycles. The van der Waals surface area contributed by atoms with E-state index in [1.807, 2.05) is 6.26 Å².